The van der Waals surface area contributed by atoms with Crippen LogP contribution >= 0.6 is 0 Å². The predicted molar refractivity (Wildman–Crippen MR) is 126 cm³/mol. The van der Waals surface area contributed by atoms with Gasteiger partial charge in [0.15, 0.2) is 0 Å². The Hall–Kier alpha value is -3.36. The molecule has 0 radical (unpaired) electrons. The molecule has 0 aliphatic carbocycles. The molecule has 2 aliphatic rings. The van der Waals surface area contributed by atoms with Crippen molar-refractivity contribution in [3.8, 4) is 0 Å². The zero-order chi connectivity index (χ0) is 21.5. The van der Waals surface area contributed by atoms with E-state index < -0.39 is 0 Å². The highest BCUT2D eigenvalue weighted by atomic mass is 16.5. The summed E-state index contributed by atoms with van der Waals surface area (Å²) in [6.07, 6.45) is 0.946. The fourth-order valence-corrected chi connectivity index (χ4v) is 4.85. The Kier molecular flexibility index (Phi) is 4.81. The van der Waals surface area contributed by atoms with Gasteiger partial charge in [0.05, 0.1) is 35.8 Å². The fourth-order valence-electron chi connectivity index (χ4n) is 4.85. The molecule has 0 spiro atoms. The Morgan fingerprint density at radius 2 is 1.91 bits per heavy atom. The third kappa shape index (κ3) is 3.51. The average molecular weight is 431 g/mol. The number of ether oxygens (including phenoxy) is 1. The molecule has 8 nitrogen and oxygen atoms in total. The van der Waals surface area contributed by atoms with Gasteiger partial charge in [-0.3, -0.25) is 4.79 Å². The number of nitrogens with one attached hydrogen (secondary N) is 4. The van der Waals surface area contributed by atoms with Gasteiger partial charge < -0.3 is 30.2 Å². The monoisotopic (exact) mass is 430 g/mol. The zero-order valence-electron chi connectivity index (χ0n) is 17.7. The van der Waals surface area contributed by atoms with E-state index in [1.54, 1.807) is 6.07 Å². The summed E-state index contributed by atoms with van der Waals surface area (Å²) in [5.74, 6) is 0.920. The number of aromatic amines is 2. The molecule has 164 valence electrons. The number of hydrogen-bond donors (Lipinski definition) is 4. The molecule has 2 aromatic carbocycles. The van der Waals surface area contributed by atoms with Crippen molar-refractivity contribution in [1.82, 2.24) is 20.3 Å². The number of para-hydroxylation sites is 1. The van der Waals surface area contributed by atoms with Gasteiger partial charge in [0, 0.05) is 42.0 Å². The van der Waals surface area contributed by atoms with E-state index in [0.29, 0.717) is 0 Å². The van der Waals surface area contributed by atoms with Crippen molar-refractivity contribution < 1.29 is 4.74 Å². The minimum Gasteiger partial charge on any atom is -0.380 e. The van der Waals surface area contributed by atoms with Crippen LogP contribution in [-0.2, 0) is 4.74 Å². The van der Waals surface area contributed by atoms with Gasteiger partial charge in [0.2, 0.25) is 5.56 Å². The number of benzene rings is 2. The smallest absolute Gasteiger partial charge is 0.250 e. The molecule has 2 atom stereocenters. The lowest BCUT2D eigenvalue weighted by atomic mass is 10.1. The second-order valence-electron chi connectivity index (χ2n) is 8.49. The van der Waals surface area contributed by atoms with Gasteiger partial charge in [-0.15, -0.1) is 0 Å². The van der Waals surface area contributed by atoms with Crippen LogP contribution in [0.5, 0.6) is 0 Å². The van der Waals surface area contributed by atoms with Gasteiger partial charge in [-0.1, -0.05) is 18.2 Å². The molecule has 0 amide bonds. The quantitative estimate of drug-likeness (QED) is 0.398. The number of aromatic nitrogens is 3. The molecule has 2 aromatic heterocycles. The minimum absolute atomic E-state index is 0.0345. The minimum atomic E-state index is -0.104. The number of H-pyrrole nitrogens is 2. The third-order valence-corrected chi connectivity index (χ3v) is 6.47. The molecule has 8 heteroatoms. The first-order valence-electron chi connectivity index (χ1n) is 11.2. The molecule has 4 heterocycles. The van der Waals surface area contributed by atoms with Crippen LogP contribution in [0, 0.1) is 0 Å². The second-order valence-corrected chi connectivity index (χ2v) is 8.49. The van der Waals surface area contributed by atoms with Gasteiger partial charge in [-0.05, 0) is 37.2 Å². The normalized spacial score (nSPS) is 21.4. The lowest BCUT2D eigenvalue weighted by Crippen LogP contribution is -2.36. The summed E-state index contributed by atoms with van der Waals surface area (Å²) in [5.41, 5.74) is 4.79. The molecule has 2 fully saturated rings. The van der Waals surface area contributed by atoms with Gasteiger partial charge in [0.1, 0.15) is 5.82 Å². The van der Waals surface area contributed by atoms with Crippen molar-refractivity contribution >= 4 is 33.3 Å². The first-order chi connectivity index (χ1) is 15.7. The molecular formula is C24H26N6O2. The number of morpholine rings is 1. The zero-order valence-corrected chi connectivity index (χ0v) is 17.7. The Morgan fingerprint density at radius 3 is 2.81 bits per heavy atom. The number of nitrogens with zero attached hydrogens (tertiary/aromatic N) is 2. The van der Waals surface area contributed by atoms with Crippen LogP contribution in [-0.4, -0.2) is 53.8 Å². The number of fused-ring (bicyclic) bond motifs is 2. The van der Waals surface area contributed by atoms with E-state index in [2.05, 4.69) is 43.7 Å². The highest BCUT2D eigenvalue weighted by Crippen LogP contribution is 2.30. The Labute approximate surface area is 185 Å². The molecule has 2 aliphatic heterocycles. The van der Waals surface area contributed by atoms with Crippen LogP contribution in [0.25, 0.3) is 21.9 Å². The van der Waals surface area contributed by atoms with Gasteiger partial charge >= 0.3 is 0 Å². The first kappa shape index (κ1) is 19.3. The largest absolute Gasteiger partial charge is 0.380 e. The van der Waals surface area contributed by atoms with Gasteiger partial charge in [0.25, 0.3) is 0 Å². The number of hydrogen-bond acceptors (Lipinski definition) is 6. The maximum Gasteiger partial charge on any atom is 0.250 e. The van der Waals surface area contributed by atoms with Crippen molar-refractivity contribution in [3.05, 3.63) is 64.7 Å². The maximum absolute atomic E-state index is 12.2. The summed E-state index contributed by atoms with van der Waals surface area (Å²) in [5, 5.41) is 8.20. The van der Waals surface area contributed by atoms with Crippen LogP contribution in [0.2, 0.25) is 0 Å². The highest BCUT2D eigenvalue weighted by Gasteiger charge is 2.31. The number of imidazole rings is 1. The number of rotatable bonds is 4. The summed E-state index contributed by atoms with van der Waals surface area (Å²) < 4.78 is 5.48. The highest BCUT2D eigenvalue weighted by molar-refractivity contribution is 5.91. The van der Waals surface area contributed by atoms with E-state index >= 15 is 0 Å². The molecule has 32 heavy (non-hydrogen) atoms. The first-order valence-corrected chi connectivity index (χ1v) is 11.2. The number of pyridine rings is 1. The van der Waals surface area contributed by atoms with Crippen molar-refractivity contribution in [3.63, 3.8) is 0 Å². The summed E-state index contributed by atoms with van der Waals surface area (Å²) in [6, 6.07) is 16.1. The van der Waals surface area contributed by atoms with Crippen LogP contribution < -0.4 is 21.1 Å². The molecule has 0 saturated carbocycles. The Morgan fingerprint density at radius 1 is 1.03 bits per heavy atom. The fraction of sp³-hybridized carbons (Fsp3) is 0.333. The van der Waals surface area contributed by atoms with E-state index in [4.69, 9.17) is 9.72 Å². The van der Waals surface area contributed by atoms with Crippen molar-refractivity contribution in [2.24, 2.45) is 0 Å². The third-order valence-electron chi connectivity index (χ3n) is 6.47. The summed E-state index contributed by atoms with van der Waals surface area (Å²) in [7, 11) is 0. The molecule has 0 bridgehead atoms. The molecule has 6 rings (SSSR count). The average Bonchev–Trinajstić information content (AvgIpc) is 3.45. The van der Waals surface area contributed by atoms with Gasteiger partial charge in [-0.2, -0.15) is 0 Å². The van der Waals surface area contributed by atoms with Gasteiger partial charge in [-0.25, -0.2) is 4.98 Å². The predicted octanol–water partition coefficient (Wildman–Crippen LogP) is 2.76. The Balaban J connectivity index is 1.29. The van der Waals surface area contributed by atoms with E-state index in [-0.39, 0.29) is 17.6 Å². The van der Waals surface area contributed by atoms with Crippen molar-refractivity contribution in [2.75, 3.05) is 43.1 Å². The topological polar surface area (TPSA) is 98.1 Å². The molecule has 4 aromatic rings. The Bertz CT molecular complexity index is 1320. The van der Waals surface area contributed by atoms with E-state index in [9.17, 15) is 4.79 Å². The summed E-state index contributed by atoms with van der Waals surface area (Å²) in [4.78, 5) is 25.8. The molecule has 2 unspecified atom stereocenters. The van der Waals surface area contributed by atoms with Crippen LogP contribution in [0.15, 0.2) is 53.3 Å². The lowest BCUT2D eigenvalue weighted by Gasteiger charge is -2.28. The van der Waals surface area contributed by atoms with Crippen LogP contribution in [0.1, 0.15) is 18.3 Å². The van der Waals surface area contributed by atoms with Crippen molar-refractivity contribution in [2.45, 2.75) is 18.5 Å². The number of anilines is 2. The van der Waals surface area contributed by atoms with E-state index in [1.807, 2.05) is 24.3 Å². The second kappa shape index (κ2) is 7.96. The molecular weight excluding hydrogens is 404 g/mol. The SMILES string of the molecule is O=c1cc(NC2CCNC2c2nc3ccc(N4CCOCC4)cc3[nH]2)c2ccccc2[nH]1. The van der Waals surface area contributed by atoms with Crippen molar-refractivity contribution in [1.29, 1.82) is 0 Å². The maximum atomic E-state index is 12.2. The van der Waals surface area contributed by atoms with E-state index in [0.717, 1.165) is 72.7 Å². The molecule has 4 N–H and O–H groups in total. The summed E-state index contributed by atoms with van der Waals surface area (Å²) in [6.45, 7) is 4.24. The summed E-state index contributed by atoms with van der Waals surface area (Å²) >= 11 is 0. The molecule has 2 saturated heterocycles. The van der Waals surface area contributed by atoms with E-state index in [1.165, 1.54) is 5.69 Å². The van der Waals surface area contributed by atoms with Crippen LogP contribution in [0.3, 0.4) is 0 Å². The standard InChI is InChI=1S/C24H26N6O2/c31-22-14-20(16-3-1-2-4-17(16)27-22)26-19-7-8-25-23(19)24-28-18-6-5-15(13-21(18)29-24)30-9-11-32-12-10-30/h1-6,13-14,19,23,25H,7-12H2,(H,28,29)(H2,26,27,31). The lowest BCUT2D eigenvalue weighted by molar-refractivity contribution is 0.122. The van der Waals surface area contributed by atoms with Crippen LogP contribution in [0.4, 0.5) is 11.4 Å².